The molecule has 0 aliphatic carbocycles. The van der Waals surface area contributed by atoms with E-state index in [1.54, 1.807) is 0 Å². The second kappa shape index (κ2) is 10.3. The van der Waals surface area contributed by atoms with Gasteiger partial charge in [0, 0.05) is 50.5 Å². The number of ether oxygens (including phenoxy) is 1. The highest BCUT2D eigenvalue weighted by molar-refractivity contribution is 5.94. The third-order valence-electron chi connectivity index (χ3n) is 6.60. The van der Waals surface area contributed by atoms with Crippen molar-refractivity contribution in [3.05, 3.63) is 78.4 Å². The molecule has 2 aliphatic heterocycles. The molecular formula is C28H31N3O3. The molecule has 1 atom stereocenters. The molecule has 6 heteroatoms. The molecule has 3 aromatic rings. The van der Waals surface area contributed by atoms with Gasteiger partial charge in [0.15, 0.2) is 0 Å². The molecule has 0 aromatic heterocycles. The SMILES string of the molecule is O=C1CCc2cc(OCC(O)CN3CCN(c4ccc(-c5ccccc5)cc4)CC3)ccc2N1. The molecule has 2 heterocycles. The lowest BCUT2D eigenvalue weighted by atomic mass is 10.0. The van der Waals surface area contributed by atoms with E-state index >= 15 is 0 Å². The van der Waals surface area contributed by atoms with E-state index in [9.17, 15) is 9.90 Å². The molecule has 1 amide bonds. The Kier molecular flexibility index (Phi) is 6.79. The number of piperazine rings is 1. The molecule has 1 unspecified atom stereocenters. The Bertz CT molecular complexity index is 1110. The number of carbonyl (C=O) groups excluding carboxylic acids is 1. The molecule has 1 fully saturated rings. The maximum atomic E-state index is 11.5. The number of nitrogens with one attached hydrogen (secondary N) is 1. The van der Waals surface area contributed by atoms with E-state index in [1.165, 1.54) is 16.8 Å². The first-order chi connectivity index (χ1) is 16.6. The van der Waals surface area contributed by atoms with Crippen LogP contribution in [0.2, 0.25) is 0 Å². The van der Waals surface area contributed by atoms with Crippen molar-refractivity contribution in [2.75, 3.05) is 49.5 Å². The molecule has 6 nitrogen and oxygen atoms in total. The average Bonchev–Trinajstić information content (AvgIpc) is 2.88. The van der Waals surface area contributed by atoms with Crippen molar-refractivity contribution in [3.63, 3.8) is 0 Å². The van der Waals surface area contributed by atoms with Crippen LogP contribution in [0.15, 0.2) is 72.8 Å². The topological polar surface area (TPSA) is 65.0 Å². The highest BCUT2D eigenvalue weighted by Crippen LogP contribution is 2.27. The number of aryl methyl sites for hydroxylation is 1. The van der Waals surface area contributed by atoms with Gasteiger partial charge in [0.2, 0.25) is 5.91 Å². The van der Waals surface area contributed by atoms with Crippen LogP contribution in [0.5, 0.6) is 5.75 Å². The van der Waals surface area contributed by atoms with Gasteiger partial charge in [0.05, 0.1) is 0 Å². The van der Waals surface area contributed by atoms with Crippen molar-refractivity contribution in [1.82, 2.24) is 4.90 Å². The highest BCUT2D eigenvalue weighted by atomic mass is 16.5. The molecule has 5 rings (SSSR count). The first kappa shape index (κ1) is 22.4. The molecule has 0 saturated carbocycles. The molecule has 0 spiro atoms. The van der Waals surface area contributed by atoms with Crippen LogP contribution >= 0.6 is 0 Å². The predicted molar refractivity (Wildman–Crippen MR) is 135 cm³/mol. The van der Waals surface area contributed by atoms with Gasteiger partial charge in [-0.15, -0.1) is 0 Å². The van der Waals surface area contributed by atoms with Crippen LogP contribution in [-0.2, 0) is 11.2 Å². The third-order valence-corrected chi connectivity index (χ3v) is 6.60. The van der Waals surface area contributed by atoms with Gasteiger partial charge in [-0.2, -0.15) is 0 Å². The molecule has 2 aliphatic rings. The summed E-state index contributed by atoms with van der Waals surface area (Å²) in [4.78, 5) is 16.2. The first-order valence-electron chi connectivity index (χ1n) is 12.0. The number of hydrogen-bond acceptors (Lipinski definition) is 5. The van der Waals surface area contributed by atoms with Crippen molar-refractivity contribution in [1.29, 1.82) is 0 Å². The van der Waals surface area contributed by atoms with Gasteiger partial charge in [-0.1, -0.05) is 42.5 Å². The monoisotopic (exact) mass is 457 g/mol. The maximum absolute atomic E-state index is 11.5. The minimum Gasteiger partial charge on any atom is -0.491 e. The number of aliphatic hydroxyl groups excluding tert-OH is 1. The number of carbonyl (C=O) groups is 1. The fourth-order valence-electron chi connectivity index (χ4n) is 4.68. The van der Waals surface area contributed by atoms with E-state index in [-0.39, 0.29) is 12.5 Å². The number of fused-ring (bicyclic) bond motifs is 1. The number of hydrogen-bond donors (Lipinski definition) is 2. The number of amides is 1. The molecule has 0 bridgehead atoms. The van der Waals surface area contributed by atoms with Crippen LogP contribution in [0.3, 0.4) is 0 Å². The largest absolute Gasteiger partial charge is 0.491 e. The normalized spacial score (nSPS) is 17.1. The Morgan fingerprint density at radius 3 is 2.38 bits per heavy atom. The number of β-amino-alcohol motifs (C(OH)–C–C–N with tert-alkyl or cyclic N) is 1. The lowest BCUT2D eigenvalue weighted by Crippen LogP contribution is -2.49. The molecular weight excluding hydrogens is 426 g/mol. The summed E-state index contributed by atoms with van der Waals surface area (Å²) in [6.45, 7) is 4.56. The number of rotatable bonds is 7. The van der Waals surface area contributed by atoms with Crippen LogP contribution in [-0.4, -0.2) is 61.3 Å². The summed E-state index contributed by atoms with van der Waals surface area (Å²) in [6.07, 6.45) is 0.676. The zero-order valence-corrected chi connectivity index (χ0v) is 19.3. The van der Waals surface area contributed by atoms with Crippen molar-refractivity contribution in [3.8, 4) is 16.9 Å². The summed E-state index contributed by atoms with van der Waals surface area (Å²) in [5.41, 5.74) is 5.65. The fraction of sp³-hybridized carbons (Fsp3) is 0.321. The first-order valence-corrected chi connectivity index (χ1v) is 12.0. The lowest BCUT2D eigenvalue weighted by molar-refractivity contribution is -0.116. The van der Waals surface area contributed by atoms with Gasteiger partial charge in [-0.25, -0.2) is 0 Å². The Hall–Kier alpha value is -3.35. The van der Waals surface area contributed by atoms with E-state index in [1.807, 2.05) is 24.3 Å². The summed E-state index contributed by atoms with van der Waals surface area (Å²) in [5, 5.41) is 13.4. The quantitative estimate of drug-likeness (QED) is 0.565. The number of benzene rings is 3. The van der Waals surface area contributed by atoms with E-state index in [2.05, 4.69) is 63.6 Å². The standard InChI is InChI=1S/C28H31N3O3/c32-25(20-34-26-11-12-27-23(18-26)8-13-28(33)29-27)19-30-14-16-31(17-15-30)24-9-6-22(7-10-24)21-4-2-1-3-5-21/h1-7,9-12,18,25,32H,8,13-17,19-20H2,(H,29,33). The van der Waals surface area contributed by atoms with Crippen LogP contribution in [0.1, 0.15) is 12.0 Å². The molecule has 0 radical (unpaired) electrons. The summed E-state index contributed by atoms with van der Waals surface area (Å²) >= 11 is 0. The molecule has 3 aromatic carbocycles. The minimum atomic E-state index is -0.549. The number of nitrogens with zero attached hydrogens (tertiary/aromatic N) is 2. The summed E-state index contributed by atoms with van der Waals surface area (Å²) in [7, 11) is 0. The van der Waals surface area contributed by atoms with E-state index < -0.39 is 6.10 Å². The Labute approximate surface area is 200 Å². The van der Waals surface area contributed by atoms with Gasteiger partial charge in [-0.05, 0) is 53.4 Å². The van der Waals surface area contributed by atoms with Gasteiger partial charge < -0.3 is 20.1 Å². The molecule has 34 heavy (non-hydrogen) atoms. The Morgan fingerprint density at radius 2 is 1.62 bits per heavy atom. The molecule has 2 N–H and O–H groups in total. The molecule has 1 saturated heterocycles. The number of aliphatic hydroxyl groups is 1. The predicted octanol–water partition coefficient (Wildman–Crippen LogP) is 3.80. The smallest absolute Gasteiger partial charge is 0.224 e. The molecule has 176 valence electrons. The second-order valence-electron chi connectivity index (χ2n) is 9.03. The summed E-state index contributed by atoms with van der Waals surface area (Å²) in [6, 6.07) is 24.9. The van der Waals surface area contributed by atoms with Crippen LogP contribution in [0.25, 0.3) is 11.1 Å². The van der Waals surface area contributed by atoms with E-state index in [0.717, 1.165) is 49.6 Å². The van der Waals surface area contributed by atoms with Gasteiger partial charge in [0.1, 0.15) is 18.5 Å². The number of anilines is 2. The highest BCUT2D eigenvalue weighted by Gasteiger charge is 2.20. The third kappa shape index (κ3) is 5.41. The Balaban J connectivity index is 1.07. The summed E-state index contributed by atoms with van der Waals surface area (Å²) in [5.74, 6) is 0.790. The van der Waals surface area contributed by atoms with Gasteiger partial charge >= 0.3 is 0 Å². The maximum Gasteiger partial charge on any atom is 0.224 e. The van der Waals surface area contributed by atoms with Gasteiger partial charge in [-0.3, -0.25) is 9.69 Å². The van der Waals surface area contributed by atoms with Crippen molar-refractivity contribution < 1.29 is 14.6 Å². The van der Waals surface area contributed by atoms with Crippen molar-refractivity contribution in [2.24, 2.45) is 0 Å². The van der Waals surface area contributed by atoms with E-state index in [0.29, 0.717) is 13.0 Å². The van der Waals surface area contributed by atoms with Crippen LogP contribution in [0, 0.1) is 0 Å². The van der Waals surface area contributed by atoms with E-state index in [4.69, 9.17) is 4.74 Å². The minimum absolute atomic E-state index is 0.0564. The lowest BCUT2D eigenvalue weighted by Gasteiger charge is -2.37. The zero-order chi connectivity index (χ0) is 23.3. The average molecular weight is 458 g/mol. The van der Waals surface area contributed by atoms with Crippen molar-refractivity contribution >= 4 is 17.3 Å². The van der Waals surface area contributed by atoms with Crippen LogP contribution < -0.4 is 15.0 Å². The summed E-state index contributed by atoms with van der Waals surface area (Å²) < 4.78 is 5.84. The van der Waals surface area contributed by atoms with Crippen molar-refractivity contribution in [2.45, 2.75) is 18.9 Å². The fourth-order valence-corrected chi connectivity index (χ4v) is 4.68. The van der Waals surface area contributed by atoms with Gasteiger partial charge in [0.25, 0.3) is 0 Å². The Morgan fingerprint density at radius 1 is 0.882 bits per heavy atom. The van der Waals surface area contributed by atoms with Crippen LogP contribution in [0.4, 0.5) is 11.4 Å². The second-order valence-corrected chi connectivity index (χ2v) is 9.03. The zero-order valence-electron chi connectivity index (χ0n) is 19.3.